The van der Waals surface area contributed by atoms with Crippen molar-refractivity contribution in [3.05, 3.63) is 58.5 Å². The molecule has 0 atom stereocenters. The Kier molecular flexibility index (Phi) is 4.19. The van der Waals surface area contributed by atoms with Gasteiger partial charge in [-0.15, -0.1) is 0 Å². The van der Waals surface area contributed by atoms with E-state index in [1.807, 2.05) is 49.4 Å². The zero-order valence-corrected chi connectivity index (χ0v) is 15.3. The van der Waals surface area contributed by atoms with Crippen molar-refractivity contribution >= 4 is 11.0 Å². The molecule has 0 radical (unpaired) electrons. The van der Waals surface area contributed by atoms with Crippen LogP contribution in [0.25, 0.3) is 33.9 Å². The highest BCUT2D eigenvalue weighted by atomic mass is 16.5. The fraction of sp³-hybridized carbons (Fsp3) is 0.200. The Labute approximate surface area is 155 Å². The lowest BCUT2D eigenvalue weighted by atomic mass is 10.1. The summed E-state index contributed by atoms with van der Waals surface area (Å²) in [5.41, 5.74) is 3.39. The molecule has 0 spiro atoms. The van der Waals surface area contributed by atoms with Gasteiger partial charge in [-0.1, -0.05) is 5.16 Å². The lowest BCUT2D eigenvalue weighted by Gasteiger charge is -2.06. The van der Waals surface area contributed by atoms with Gasteiger partial charge in [0.2, 0.25) is 5.82 Å². The molecule has 7 heteroatoms. The summed E-state index contributed by atoms with van der Waals surface area (Å²) in [4.78, 5) is 20.9. The minimum absolute atomic E-state index is 0.104. The van der Waals surface area contributed by atoms with Gasteiger partial charge in [0.05, 0.1) is 17.6 Å². The number of hydrogen-bond donors (Lipinski definition) is 0. The van der Waals surface area contributed by atoms with Crippen LogP contribution < -0.4 is 10.3 Å². The van der Waals surface area contributed by atoms with Crippen molar-refractivity contribution in [1.29, 1.82) is 0 Å². The van der Waals surface area contributed by atoms with E-state index in [0.29, 0.717) is 29.5 Å². The maximum absolute atomic E-state index is 12.0. The zero-order chi connectivity index (χ0) is 19.0. The van der Waals surface area contributed by atoms with Gasteiger partial charge in [0.25, 0.3) is 11.4 Å². The number of aromatic nitrogens is 4. The topological polar surface area (TPSA) is 83.0 Å². The highest BCUT2D eigenvalue weighted by Crippen LogP contribution is 2.25. The highest BCUT2D eigenvalue weighted by molar-refractivity contribution is 5.80. The lowest BCUT2D eigenvalue weighted by Crippen LogP contribution is -2.20. The molecule has 136 valence electrons. The van der Waals surface area contributed by atoms with Gasteiger partial charge in [-0.25, -0.2) is 4.98 Å². The summed E-state index contributed by atoms with van der Waals surface area (Å²) in [5.74, 6) is 1.69. The van der Waals surface area contributed by atoms with Gasteiger partial charge >= 0.3 is 0 Å². The fourth-order valence-corrected chi connectivity index (χ4v) is 2.93. The summed E-state index contributed by atoms with van der Waals surface area (Å²) in [6.07, 6.45) is 0. The van der Waals surface area contributed by atoms with Gasteiger partial charge in [0, 0.05) is 18.2 Å². The van der Waals surface area contributed by atoms with Crippen molar-refractivity contribution in [3.63, 3.8) is 0 Å². The third-order valence-corrected chi connectivity index (χ3v) is 4.34. The number of benzene rings is 2. The lowest BCUT2D eigenvalue weighted by molar-refractivity contribution is 0.340. The molecule has 0 fully saturated rings. The third kappa shape index (κ3) is 3.08. The first kappa shape index (κ1) is 17.0. The average molecular weight is 362 g/mol. The Balaban J connectivity index is 1.70. The van der Waals surface area contributed by atoms with E-state index in [2.05, 4.69) is 15.1 Å². The molecule has 2 aromatic heterocycles. The second-order valence-electron chi connectivity index (χ2n) is 6.15. The average Bonchev–Trinajstić information content (AvgIpc) is 3.17. The standard InChI is InChI=1S/C20H18N4O3/c1-4-26-15-8-5-13(6-9-15)19-22-18(23-27-19)14-7-10-17-16(11-14)21-12(2)20(25)24(17)3/h5-11H,4H2,1-3H3. The monoisotopic (exact) mass is 362 g/mol. The Morgan fingerprint density at radius 1 is 1.07 bits per heavy atom. The maximum Gasteiger partial charge on any atom is 0.272 e. The Bertz CT molecular complexity index is 1180. The SMILES string of the molecule is CCOc1ccc(-c2nc(-c3ccc4c(c3)nc(C)c(=O)n4C)no2)cc1. The Morgan fingerprint density at radius 3 is 2.56 bits per heavy atom. The molecular weight excluding hydrogens is 344 g/mol. The van der Waals surface area contributed by atoms with Crippen LogP contribution in [-0.2, 0) is 7.05 Å². The van der Waals surface area contributed by atoms with Gasteiger partial charge in [0.15, 0.2) is 0 Å². The smallest absolute Gasteiger partial charge is 0.272 e. The van der Waals surface area contributed by atoms with E-state index in [1.54, 1.807) is 18.5 Å². The van der Waals surface area contributed by atoms with E-state index in [0.717, 1.165) is 22.4 Å². The molecule has 2 heterocycles. The molecule has 4 aromatic rings. The van der Waals surface area contributed by atoms with E-state index in [9.17, 15) is 4.79 Å². The first-order valence-corrected chi connectivity index (χ1v) is 8.61. The summed E-state index contributed by atoms with van der Waals surface area (Å²) in [6, 6.07) is 13.0. The molecule has 0 aliphatic carbocycles. The van der Waals surface area contributed by atoms with E-state index in [4.69, 9.17) is 9.26 Å². The predicted octanol–water partition coefficient (Wildman–Crippen LogP) is 3.36. The summed E-state index contributed by atoms with van der Waals surface area (Å²) in [5, 5.41) is 4.08. The van der Waals surface area contributed by atoms with Crippen molar-refractivity contribution in [2.24, 2.45) is 7.05 Å². The molecule has 7 nitrogen and oxygen atoms in total. The van der Waals surface area contributed by atoms with Crippen molar-refractivity contribution in [2.45, 2.75) is 13.8 Å². The van der Waals surface area contributed by atoms with Crippen LogP contribution in [0.3, 0.4) is 0 Å². The molecule has 0 N–H and O–H groups in total. The summed E-state index contributed by atoms with van der Waals surface area (Å²) >= 11 is 0. The fourth-order valence-electron chi connectivity index (χ4n) is 2.93. The van der Waals surface area contributed by atoms with Gasteiger partial charge < -0.3 is 13.8 Å². The number of rotatable bonds is 4. The van der Waals surface area contributed by atoms with E-state index < -0.39 is 0 Å². The Hall–Kier alpha value is -3.48. The normalized spacial score (nSPS) is 11.1. The molecule has 0 aliphatic heterocycles. The first-order valence-electron chi connectivity index (χ1n) is 8.61. The Morgan fingerprint density at radius 2 is 1.81 bits per heavy atom. The second-order valence-corrected chi connectivity index (χ2v) is 6.15. The predicted molar refractivity (Wildman–Crippen MR) is 102 cm³/mol. The maximum atomic E-state index is 12.0. The first-order chi connectivity index (χ1) is 13.1. The van der Waals surface area contributed by atoms with Crippen LogP contribution >= 0.6 is 0 Å². The number of ether oxygens (including phenoxy) is 1. The third-order valence-electron chi connectivity index (χ3n) is 4.34. The summed E-state index contributed by atoms with van der Waals surface area (Å²) in [6.45, 7) is 4.26. The van der Waals surface area contributed by atoms with E-state index in [1.165, 1.54) is 0 Å². The molecule has 0 unspecified atom stereocenters. The van der Waals surface area contributed by atoms with Crippen LogP contribution in [0, 0.1) is 6.92 Å². The van der Waals surface area contributed by atoms with Crippen LogP contribution in [0.4, 0.5) is 0 Å². The van der Waals surface area contributed by atoms with E-state index in [-0.39, 0.29) is 5.56 Å². The summed E-state index contributed by atoms with van der Waals surface area (Å²) in [7, 11) is 1.73. The van der Waals surface area contributed by atoms with Crippen molar-refractivity contribution in [1.82, 2.24) is 19.7 Å². The van der Waals surface area contributed by atoms with Gasteiger partial charge in [-0.05, 0) is 56.3 Å². The molecule has 0 bridgehead atoms. The number of fused-ring (bicyclic) bond motifs is 1. The zero-order valence-electron chi connectivity index (χ0n) is 15.3. The van der Waals surface area contributed by atoms with Crippen molar-refractivity contribution in [3.8, 4) is 28.6 Å². The van der Waals surface area contributed by atoms with E-state index >= 15 is 0 Å². The largest absolute Gasteiger partial charge is 0.494 e. The summed E-state index contributed by atoms with van der Waals surface area (Å²) < 4.78 is 12.4. The molecule has 27 heavy (non-hydrogen) atoms. The van der Waals surface area contributed by atoms with Crippen molar-refractivity contribution < 1.29 is 9.26 Å². The molecule has 0 aliphatic rings. The molecular formula is C20H18N4O3. The molecule has 2 aromatic carbocycles. The molecule has 0 amide bonds. The molecule has 0 saturated carbocycles. The number of nitrogens with zero attached hydrogens (tertiary/aromatic N) is 4. The van der Waals surface area contributed by atoms with Gasteiger partial charge in [0.1, 0.15) is 11.4 Å². The molecule has 4 rings (SSSR count). The van der Waals surface area contributed by atoms with Crippen molar-refractivity contribution in [2.75, 3.05) is 6.61 Å². The minimum Gasteiger partial charge on any atom is -0.494 e. The van der Waals surface area contributed by atoms with Gasteiger partial charge in [-0.2, -0.15) is 4.98 Å². The van der Waals surface area contributed by atoms with Crippen LogP contribution in [0.5, 0.6) is 5.75 Å². The molecule has 0 saturated heterocycles. The number of aryl methyl sites for hydroxylation is 2. The van der Waals surface area contributed by atoms with Gasteiger partial charge in [-0.3, -0.25) is 4.79 Å². The van der Waals surface area contributed by atoms with Crippen LogP contribution in [0.1, 0.15) is 12.6 Å². The number of hydrogen-bond acceptors (Lipinski definition) is 6. The second kappa shape index (κ2) is 6.68. The highest BCUT2D eigenvalue weighted by Gasteiger charge is 2.13. The quantitative estimate of drug-likeness (QED) is 0.554. The minimum atomic E-state index is -0.104. The van der Waals surface area contributed by atoms with Crippen LogP contribution in [0.15, 0.2) is 51.8 Å². The van der Waals surface area contributed by atoms with Crippen LogP contribution in [-0.4, -0.2) is 26.3 Å². The van der Waals surface area contributed by atoms with Crippen LogP contribution in [0.2, 0.25) is 0 Å².